The molecule has 2 N–H and O–H groups in total. The van der Waals surface area contributed by atoms with Crippen LogP contribution in [0.1, 0.15) is 0 Å². The summed E-state index contributed by atoms with van der Waals surface area (Å²) in [5.74, 6) is 0.783. The van der Waals surface area contributed by atoms with Crippen LogP contribution in [0.5, 0.6) is 5.75 Å². The van der Waals surface area contributed by atoms with E-state index in [1.165, 1.54) is 6.34 Å². The van der Waals surface area contributed by atoms with E-state index in [-0.39, 0.29) is 0 Å². The molecule has 0 saturated carbocycles. The second kappa shape index (κ2) is 4.35. The van der Waals surface area contributed by atoms with Gasteiger partial charge in [0.15, 0.2) is 0 Å². The number of benzene rings is 1. The molecule has 0 radical (unpaired) electrons. The van der Waals surface area contributed by atoms with E-state index in [1.807, 2.05) is 5.48 Å². The zero-order valence-electron chi connectivity index (χ0n) is 6.69. The number of aliphatic imine (C=N–C) groups is 1. The van der Waals surface area contributed by atoms with Crippen LogP contribution in [0.4, 0.5) is 5.69 Å². The first-order chi connectivity index (χ1) is 5.86. The maximum atomic E-state index is 8.20. The second-order valence-electron chi connectivity index (χ2n) is 2.09. The van der Waals surface area contributed by atoms with Gasteiger partial charge in [0.05, 0.1) is 12.8 Å². The van der Waals surface area contributed by atoms with Crippen molar-refractivity contribution in [1.29, 1.82) is 0 Å². The molecule has 1 aromatic rings. The lowest BCUT2D eigenvalue weighted by atomic mass is 10.3. The maximum Gasteiger partial charge on any atom is 0.119 e. The first-order valence-corrected chi connectivity index (χ1v) is 3.43. The van der Waals surface area contributed by atoms with E-state index in [0.717, 1.165) is 11.4 Å². The fourth-order valence-corrected chi connectivity index (χ4v) is 0.772. The predicted octanol–water partition coefficient (Wildman–Crippen LogP) is 1.33. The number of nitrogens with zero attached hydrogens (tertiary/aromatic N) is 1. The van der Waals surface area contributed by atoms with Crippen LogP contribution in [0.25, 0.3) is 0 Å². The fraction of sp³-hybridized carbons (Fsp3) is 0.125. The lowest BCUT2D eigenvalue weighted by Gasteiger charge is -1.98. The summed E-state index contributed by atoms with van der Waals surface area (Å²) in [4.78, 5) is 3.86. The van der Waals surface area contributed by atoms with E-state index in [4.69, 9.17) is 9.94 Å². The zero-order valence-corrected chi connectivity index (χ0v) is 6.69. The summed E-state index contributed by atoms with van der Waals surface area (Å²) >= 11 is 0. The van der Waals surface area contributed by atoms with Gasteiger partial charge in [0.25, 0.3) is 0 Å². The van der Waals surface area contributed by atoms with Crippen LogP contribution in [0.15, 0.2) is 29.3 Å². The summed E-state index contributed by atoms with van der Waals surface area (Å²) in [5.41, 5.74) is 2.57. The number of hydroxylamine groups is 1. The number of hydrogen-bond donors (Lipinski definition) is 2. The SMILES string of the molecule is COc1ccc(N=CNO)cc1. The minimum Gasteiger partial charge on any atom is -0.497 e. The molecular weight excluding hydrogens is 156 g/mol. The van der Waals surface area contributed by atoms with Gasteiger partial charge in [0.1, 0.15) is 12.1 Å². The molecule has 0 aromatic heterocycles. The van der Waals surface area contributed by atoms with Gasteiger partial charge in [-0.05, 0) is 24.3 Å². The highest BCUT2D eigenvalue weighted by molar-refractivity contribution is 5.59. The summed E-state index contributed by atoms with van der Waals surface area (Å²) in [5, 5.41) is 8.20. The molecule has 1 rings (SSSR count). The maximum absolute atomic E-state index is 8.20. The Labute approximate surface area is 70.5 Å². The normalized spacial score (nSPS) is 10.2. The van der Waals surface area contributed by atoms with Crippen LogP contribution in [-0.4, -0.2) is 18.7 Å². The molecule has 12 heavy (non-hydrogen) atoms. The third-order valence-corrected chi connectivity index (χ3v) is 1.34. The Hall–Kier alpha value is -1.55. The Morgan fingerprint density at radius 2 is 2.08 bits per heavy atom. The van der Waals surface area contributed by atoms with E-state index in [1.54, 1.807) is 31.4 Å². The van der Waals surface area contributed by atoms with E-state index < -0.39 is 0 Å². The third kappa shape index (κ3) is 2.25. The van der Waals surface area contributed by atoms with E-state index in [9.17, 15) is 0 Å². The summed E-state index contributed by atoms with van der Waals surface area (Å²) < 4.78 is 4.96. The van der Waals surface area contributed by atoms with Gasteiger partial charge in [-0.25, -0.2) is 4.99 Å². The molecule has 4 nitrogen and oxygen atoms in total. The average Bonchev–Trinajstić information content (AvgIpc) is 2.15. The monoisotopic (exact) mass is 166 g/mol. The van der Waals surface area contributed by atoms with Crippen molar-refractivity contribution >= 4 is 12.0 Å². The average molecular weight is 166 g/mol. The quantitative estimate of drug-likeness (QED) is 0.404. The van der Waals surface area contributed by atoms with Crippen molar-refractivity contribution in [3.63, 3.8) is 0 Å². The van der Waals surface area contributed by atoms with Gasteiger partial charge >= 0.3 is 0 Å². The number of ether oxygens (including phenoxy) is 1. The molecule has 0 heterocycles. The van der Waals surface area contributed by atoms with Gasteiger partial charge < -0.3 is 4.74 Å². The van der Waals surface area contributed by atoms with Crippen molar-refractivity contribution in [2.24, 2.45) is 4.99 Å². The van der Waals surface area contributed by atoms with Gasteiger partial charge in [0, 0.05) is 0 Å². The van der Waals surface area contributed by atoms with E-state index >= 15 is 0 Å². The van der Waals surface area contributed by atoms with Crippen LogP contribution in [-0.2, 0) is 0 Å². The molecule has 0 aliphatic carbocycles. The number of hydrogen-bond acceptors (Lipinski definition) is 3. The van der Waals surface area contributed by atoms with E-state index in [2.05, 4.69) is 4.99 Å². The molecule has 0 bridgehead atoms. The summed E-state index contributed by atoms with van der Waals surface area (Å²) in [6.45, 7) is 0. The molecule has 0 saturated heterocycles. The van der Waals surface area contributed by atoms with Crippen molar-refractivity contribution in [2.45, 2.75) is 0 Å². The Bertz CT molecular complexity index is 256. The molecule has 0 atom stereocenters. The number of rotatable bonds is 3. The number of methoxy groups -OCH3 is 1. The Balaban J connectivity index is 2.71. The minimum atomic E-state index is 0.748. The molecule has 0 amide bonds. The molecule has 0 spiro atoms. The molecule has 0 fully saturated rings. The summed E-state index contributed by atoms with van der Waals surface area (Å²) in [6.07, 6.45) is 1.20. The van der Waals surface area contributed by atoms with Crippen LogP contribution in [0.2, 0.25) is 0 Å². The first kappa shape index (κ1) is 8.55. The smallest absolute Gasteiger partial charge is 0.119 e. The summed E-state index contributed by atoms with van der Waals surface area (Å²) in [7, 11) is 1.60. The fourth-order valence-electron chi connectivity index (χ4n) is 0.772. The van der Waals surface area contributed by atoms with Crippen LogP contribution in [0, 0.1) is 0 Å². The molecule has 0 unspecified atom stereocenters. The zero-order chi connectivity index (χ0) is 8.81. The van der Waals surface area contributed by atoms with Crippen molar-refractivity contribution in [3.8, 4) is 5.75 Å². The van der Waals surface area contributed by atoms with Crippen LogP contribution in [0.3, 0.4) is 0 Å². The minimum absolute atomic E-state index is 0.748. The van der Waals surface area contributed by atoms with Crippen molar-refractivity contribution in [3.05, 3.63) is 24.3 Å². The molecule has 1 aromatic carbocycles. The lowest BCUT2D eigenvalue weighted by Crippen LogP contribution is -2.00. The van der Waals surface area contributed by atoms with Gasteiger partial charge in [0.2, 0.25) is 0 Å². The van der Waals surface area contributed by atoms with Gasteiger partial charge in [-0.15, -0.1) is 0 Å². The van der Waals surface area contributed by atoms with Crippen LogP contribution < -0.4 is 10.2 Å². The number of nitrogens with one attached hydrogen (secondary N) is 1. The first-order valence-electron chi connectivity index (χ1n) is 3.43. The Morgan fingerprint density at radius 1 is 1.42 bits per heavy atom. The Kier molecular flexibility index (Phi) is 3.10. The third-order valence-electron chi connectivity index (χ3n) is 1.34. The van der Waals surface area contributed by atoms with Crippen molar-refractivity contribution in [1.82, 2.24) is 5.48 Å². The summed E-state index contributed by atoms with van der Waals surface area (Å²) in [6, 6.07) is 7.16. The molecule has 64 valence electrons. The topological polar surface area (TPSA) is 53.8 Å². The van der Waals surface area contributed by atoms with Gasteiger partial charge in [-0.2, -0.15) is 0 Å². The predicted molar refractivity (Wildman–Crippen MR) is 46.1 cm³/mol. The molecular formula is C8H10N2O2. The lowest BCUT2D eigenvalue weighted by molar-refractivity contribution is 0.240. The molecule has 0 aliphatic rings. The molecule has 0 aliphatic heterocycles. The highest BCUT2D eigenvalue weighted by Crippen LogP contribution is 2.16. The standard InChI is InChI=1S/C8H10N2O2/c1-12-8-4-2-7(3-5-8)9-6-10-11/h2-6,11H,1H3,(H,9,10). The van der Waals surface area contributed by atoms with Crippen LogP contribution >= 0.6 is 0 Å². The highest BCUT2D eigenvalue weighted by Gasteiger charge is 1.89. The second-order valence-corrected chi connectivity index (χ2v) is 2.09. The van der Waals surface area contributed by atoms with Gasteiger partial charge in [-0.1, -0.05) is 0 Å². The van der Waals surface area contributed by atoms with Crippen molar-refractivity contribution in [2.75, 3.05) is 7.11 Å². The largest absolute Gasteiger partial charge is 0.497 e. The molecule has 4 heteroatoms. The van der Waals surface area contributed by atoms with Gasteiger partial charge in [-0.3, -0.25) is 10.7 Å². The van der Waals surface area contributed by atoms with Crippen molar-refractivity contribution < 1.29 is 9.94 Å². The van der Waals surface area contributed by atoms with E-state index in [0.29, 0.717) is 0 Å². The Morgan fingerprint density at radius 3 is 2.58 bits per heavy atom. The highest BCUT2D eigenvalue weighted by atomic mass is 16.5.